The highest BCUT2D eigenvalue weighted by molar-refractivity contribution is 6.31. The quantitative estimate of drug-likeness (QED) is 0.623. The number of fused-ring (bicyclic) bond motifs is 1. The average Bonchev–Trinajstić information content (AvgIpc) is 2.53. The minimum atomic E-state index is 0. The van der Waals surface area contributed by atoms with Gasteiger partial charge in [-0.3, -0.25) is 4.98 Å². The van der Waals surface area contributed by atoms with Crippen LogP contribution in [-0.4, -0.2) is 24.0 Å². The Morgan fingerprint density at radius 2 is 1.72 bits per heavy atom. The fraction of sp³-hybridized carbons (Fsp3) is 0.211. The number of hydrogen-bond acceptors (Lipinski definition) is 3. The summed E-state index contributed by atoms with van der Waals surface area (Å²) in [7, 11) is 4.18. The van der Waals surface area contributed by atoms with E-state index in [0.29, 0.717) is 5.02 Å². The van der Waals surface area contributed by atoms with E-state index in [0.717, 1.165) is 29.7 Å². The molecule has 3 rings (SSSR count). The number of nitrogens with zero attached hydrogens (tertiary/aromatic N) is 2. The molecule has 6 heteroatoms. The van der Waals surface area contributed by atoms with Gasteiger partial charge in [-0.1, -0.05) is 35.9 Å². The molecule has 0 spiro atoms. The SMILES string of the molecule is CN(C)Cc1ccccc1CNc1ccnc2cc(Cl)ccc12.Cl.Cl. The maximum absolute atomic E-state index is 6.05. The van der Waals surface area contributed by atoms with E-state index in [2.05, 4.69) is 53.6 Å². The number of hydrogen-bond donors (Lipinski definition) is 1. The highest BCUT2D eigenvalue weighted by Gasteiger charge is 2.06. The summed E-state index contributed by atoms with van der Waals surface area (Å²) in [6.07, 6.45) is 1.81. The van der Waals surface area contributed by atoms with Gasteiger partial charge in [0.25, 0.3) is 0 Å². The van der Waals surface area contributed by atoms with Crippen molar-refractivity contribution in [3.63, 3.8) is 0 Å². The zero-order valence-electron chi connectivity index (χ0n) is 14.2. The number of anilines is 1. The molecule has 134 valence electrons. The first-order chi connectivity index (χ1) is 11.1. The van der Waals surface area contributed by atoms with Crippen LogP contribution in [0.2, 0.25) is 5.02 Å². The molecule has 0 aliphatic carbocycles. The number of aromatic nitrogens is 1. The van der Waals surface area contributed by atoms with Crippen molar-refractivity contribution in [1.29, 1.82) is 0 Å². The third-order valence-corrected chi connectivity index (χ3v) is 4.01. The highest BCUT2D eigenvalue weighted by atomic mass is 35.5. The molecule has 3 aromatic rings. The second kappa shape index (κ2) is 9.83. The molecule has 0 aliphatic heterocycles. The van der Waals surface area contributed by atoms with E-state index in [1.807, 2.05) is 30.5 Å². The molecule has 0 fully saturated rings. The molecule has 0 unspecified atom stereocenters. The van der Waals surface area contributed by atoms with Crippen molar-refractivity contribution in [3.05, 3.63) is 70.9 Å². The number of nitrogens with one attached hydrogen (secondary N) is 1. The lowest BCUT2D eigenvalue weighted by Gasteiger charge is -2.15. The van der Waals surface area contributed by atoms with Gasteiger partial charge in [0.1, 0.15) is 0 Å². The van der Waals surface area contributed by atoms with Gasteiger partial charge in [-0.15, -0.1) is 24.8 Å². The molecule has 1 aromatic heterocycles. The number of benzene rings is 2. The molecule has 0 amide bonds. The van der Waals surface area contributed by atoms with E-state index >= 15 is 0 Å². The summed E-state index contributed by atoms with van der Waals surface area (Å²) in [5, 5.41) is 5.33. The first-order valence-corrected chi connectivity index (χ1v) is 8.01. The molecule has 1 N–H and O–H groups in total. The van der Waals surface area contributed by atoms with Gasteiger partial charge in [-0.25, -0.2) is 0 Å². The Bertz CT molecular complexity index is 822. The summed E-state index contributed by atoms with van der Waals surface area (Å²) >= 11 is 6.05. The third kappa shape index (κ3) is 5.48. The summed E-state index contributed by atoms with van der Waals surface area (Å²) in [6.45, 7) is 1.72. The van der Waals surface area contributed by atoms with Crippen molar-refractivity contribution in [1.82, 2.24) is 9.88 Å². The molecule has 0 aliphatic rings. The molecular formula is C19H22Cl3N3. The Morgan fingerprint density at radius 3 is 2.44 bits per heavy atom. The average molecular weight is 399 g/mol. The maximum Gasteiger partial charge on any atom is 0.0737 e. The molecular weight excluding hydrogens is 377 g/mol. The second-order valence-corrected chi connectivity index (χ2v) is 6.32. The van der Waals surface area contributed by atoms with Crippen molar-refractivity contribution in [2.75, 3.05) is 19.4 Å². The van der Waals surface area contributed by atoms with Crippen LogP contribution in [0.5, 0.6) is 0 Å². The van der Waals surface area contributed by atoms with Crippen LogP contribution in [-0.2, 0) is 13.1 Å². The first kappa shape index (κ1) is 21.5. The van der Waals surface area contributed by atoms with Gasteiger partial charge in [0.05, 0.1) is 5.52 Å². The topological polar surface area (TPSA) is 28.2 Å². The number of halogens is 3. The monoisotopic (exact) mass is 397 g/mol. The number of pyridine rings is 1. The predicted molar refractivity (Wildman–Crippen MR) is 112 cm³/mol. The molecule has 2 aromatic carbocycles. The summed E-state index contributed by atoms with van der Waals surface area (Å²) < 4.78 is 0. The van der Waals surface area contributed by atoms with Crippen molar-refractivity contribution in [3.8, 4) is 0 Å². The van der Waals surface area contributed by atoms with Crippen molar-refractivity contribution in [2.45, 2.75) is 13.1 Å². The zero-order valence-corrected chi connectivity index (χ0v) is 16.6. The second-order valence-electron chi connectivity index (χ2n) is 5.88. The Labute approximate surface area is 166 Å². The van der Waals surface area contributed by atoms with E-state index in [9.17, 15) is 0 Å². The van der Waals surface area contributed by atoms with Crippen molar-refractivity contribution < 1.29 is 0 Å². The molecule has 25 heavy (non-hydrogen) atoms. The zero-order chi connectivity index (χ0) is 16.2. The standard InChI is InChI=1S/C19H20ClN3.2ClH/c1-23(2)13-15-6-4-3-5-14(15)12-22-18-9-10-21-19-11-16(20)7-8-17(18)19;;/h3-11H,12-13H2,1-2H3,(H,21,22);2*1H. The normalized spacial score (nSPS) is 10.2. The van der Waals surface area contributed by atoms with Gasteiger partial charge in [0.15, 0.2) is 0 Å². The summed E-state index contributed by atoms with van der Waals surface area (Å²) in [6, 6.07) is 16.3. The molecule has 0 saturated heterocycles. The van der Waals surface area contributed by atoms with E-state index < -0.39 is 0 Å². The lowest BCUT2D eigenvalue weighted by Crippen LogP contribution is -2.13. The van der Waals surface area contributed by atoms with Crippen LogP contribution in [0.3, 0.4) is 0 Å². The fourth-order valence-electron chi connectivity index (χ4n) is 2.69. The van der Waals surface area contributed by atoms with Crippen LogP contribution in [0.1, 0.15) is 11.1 Å². The third-order valence-electron chi connectivity index (χ3n) is 3.78. The van der Waals surface area contributed by atoms with Crippen LogP contribution in [0.25, 0.3) is 10.9 Å². The fourth-order valence-corrected chi connectivity index (χ4v) is 2.86. The van der Waals surface area contributed by atoms with Gasteiger partial charge < -0.3 is 10.2 Å². The Kier molecular flexibility index (Phi) is 8.46. The lowest BCUT2D eigenvalue weighted by atomic mass is 10.1. The van der Waals surface area contributed by atoms with E-state index in [-0.39, 0.29) is 24.8 Å². The first-order valence-electron chi connectivity index (χ1n) is 7.63. The van der Waals surface area contributed by atoms with Crippen LogP contribution in [0, 0.1) is 0 Å². The molecule has 0 radical (unpaired) electrons. The molecule has 0 saturated carbocycles. The lowest BCUT2D eigenvalue weighted by molar-refractivity contribution is 0.401. The van der Waals surface area contributed by atoms with Gasteiger partial charge >= 0.3 is 0 Å². The molecule has 3 nitrogen and oxygen atoms in total. The smallest absolute Gasteiger partial charge is 0.0737 e. The van der Waals surface area contributed by atoms with E-state index in [1.165, 1.54) is 11.1 Å². The summed E-state index contributed by atoms with van der Waals surface area (Å²) in [5.74, 6) is 0. The summed E-state index contributed by atoms with van der Waals surface area (Å²) in [4.78, 5) is 6.57. The van der Waals surface area contributed by atoms with E-state index in [4.69, 9.17) is 11.6 Å². The van der Waals surface area contributed by atoms with Crippen LogP contribution >= 0.6 is 36.4 Å². The maximum atomic E-state index is 6.05. The van der Waals surface area contributed by atoms with Gasteiger partial charge in [-0.2, -0.15) is 0 Å². The van der Waals surface area contributed by atoms with Crippen LogP contribution in [0.15, 0.2) is 54.7 Å². The molecule has 0 atom stereocenters. The van der Waals surface area contributed by atoms with Crippen molar-refractivity contribution in [2.24, 2.45) is 0 Å². The minimum Gasteiger partial charge on any atom is -0.380 e. The van der Waals surface area contributed by atoms with Gasteiger partial charge in [0, 0.05) is 35.4 Å². The van der Waals surface area contributed by atoms with E-state index in [1.54, 1.807) is 0 Å². The summed E-state index contributed by atoms with van der Waals surface area (Å²) in [5.41, 5.74) is 4.63. The van der Waals surface area contributed by atoms with Gasteiger partial charge in [-0.05, 0) is 49.5 Å². The predicted octanol–water partition coefficient (Wildman–Crippen LogP) is 5.41. The molecule has 0 bridgehead atoms. The van der Waals surface area contributed by atoms with Gasteiger partial charge in [0.2, 0.25) is 0 Å². The van der Waals surface area contributed by atoms with Crippen LogP contribution < -0.4 is 5.32 Å². The Balaban J connectivity index is 0.00000156. The molecule has 1 heterocycles. The largest absolute Gasteiger partial charge is 0.380 e. The Hall–Kier alpha value is -1.52. The number of rotatable bonds is 5. The highest BCUT2D eigenvalue weighted by Crippen LogP contribution is 2.25. The minimum absolute atomic E-state index is 0. The van der Waals surface area contributed by atoms with Crippen molar-refractivity contribution >= 4 is 53.0 Å². The Morgan fingerprint density at radius 1 is 1.00 bits per heavy atom. The van der Waals surface area contributed by atoms with Crippen LogP contribution in [0.4, 0.5) is 5.69 Å².